The van der Waals surface area contributed by atoms with Crippen LogP contribution in [0.25, 0.3) is 0 Å². The fourth-order valence-electron chi connectivity index (χ4n) is 1.56. The van der Waals surface area contributed by atoms with Crippen molar-refractivity contribution in [2.75, 3.05) is 6.54 Å². The predicted octanol–water partition coefficient (Wildman–Crippen LogP) is 3.47. The van der Waals surface area contributed by atoms with Gasteiger partial charge in [-0.05, 0) is 12.8 Å². The second-order valence-electron chi connectivity index (χ2n) is 4.07. The maximum Gasteiger partial charge on any atom is 0.219 e. The second-order valence-corrected chi connectivity index (χ2v) is 4.07. The Morgan fingerprint density at radius 2 is 1.67 bits per heavy atom. The molecule has 0 rings (SSSR count). The zero-order chi connectivity index (χ0) is 11.4. The molecule has 15 heavy (non-hydrogen) atoms. The summed E-state index contributed by atoms with van der Waals surface area (Å²) in [4.78, 5) is 11.2. The summed E-state index contributed by atoms with van der Waals surface area (Å²) in [5.74, 6) is 0.187. The smallest absolute Gasteiger partial charge is 0.219 e. The first-order valence-corrected chi connectivity index (χ1v) is 6.37. The molecular weight excluding hydrogens is 186 g/mol. The number of rotatable bonds is 10. The van der Waals surface area contributed by atoms with Crippen LogP contribution >= 0.6 is 0 Å². The van der Waals surface area contributed by atoms with E-state index in [1.165, 1.54) is 38.5 Å². The summed E-state index contributed by atoms with van der Waals surface area (Å²) in [5.41, 5.74) is 0. The maximum absolute atomic E-state index is 11.2. The number of hydrogen-bond donors (Lipinski definition) is 1. The molecular formula is C13H26NO. The third kappa shape index (κ3) is 11.4. The molecule has 0 spiro atoms. The van der Waals surface area contributed by atoms with Crippen LogP contribution in [0.4, 0.5) is 0 Å². The number of amides is 1. The number of nitrogens with one attached hydrogen (secondary N) is 1. The first kappa shape index (κ1) is 14.5. The summed E-state index contributed by atoms with van der Waals surface area (Å²) >= 11 is 0. The summed E-state index contributed by atoms with van der Waals surface area (Å²) in [7, 11) is 0. The largest absolute Gasteiger partial charge is 0.356 e. The SMILES string of the molecule is [CH2]CCNC(=O)CCCCCCCCC. The molecule has 0 aliphatic heterocycles. The van der Waals surface area contributed by atoms with Crippen LogP contribution in [-0.4, -0.2) is 12.5 Å². The summed E-state index contributed by atoms with van der Waals surface area (Å²) in [5, 5.41) is 2.84. The van der Waals surface area contributed by atoms with Gasteiger partial charge in [0.05, 0.1) is 0 Å². The van der Waals surface area contributed by atoms with Gasteiger partial charge < -0.3 is 5.32 Å². The van der Waals surface area contributed by atoms with Crippen LogP contribution in [0, 0.1) is 6.92 Å². The number of unbranched alkanes of at least 4 members (excludes halogenated alkanes) is 6. The maximum atomic E-state index is 11.2. The highest BCUT2D eigenvalue weighted by atomic mass is 16.1. The van der Waals surface area contributed by atoms with Crippen molar-refractivity contribution < 1.29 is 4.79 Å². The van der Waals surface area contributed by atoms with Crippen LogP contribution in [0.2, 0.25) is 0 Å². The molecule has 0 aromatic carbocycles. The Labute approximate surface area is 94.8 Å². The molecule has 0 aliphatic carbocycles. The highest BCUT2D eigenvalue weighted by Gasteiger charge is 1.98. The molecule has 0 heterocycles. The molecule has 0 fully saturated rings. The van der Waals surface area contributed by atoms with E-state index in [1.807, 2.05) is 0 Å². The molecule has 0 unspecified atom stereocenters. The van der Waals surface area contributed by atoms with Crippen molar-refractivity contribution in [3.05, 3.63) is 6.92 Å². The van der Waals surface area contributed by atoms with Gasteiger partial charge in [0.15, 0.2) is 0 Å². The summed E-state index contributed by atoms with van der Waals surface area (Å²) in [6, 6.07) is 0. The standard InChI is InChI=1S/C13H26NO/c1-3-5-6-7-8-9-10-11-13(15)14-12-4-2/h2-12H2,1H3,(H,14,15). The highest BCUT2D eigenvalue weighted by molar-refractivity contribution is 5.75. The van der Waals surface area contributed by atoms with Crippen LogP contribution in [-0.2, 0) is 4.79 Å². The van der Waals surface area contributed by atoms with E-state index in [0.717, 1.165) is 19.4 Å². The van der Waals surface area contributed by atoms with E-state index in [9.17, 15) is 4.79 Å². The van der Waals surface area contributed by atoms with Crippen molar-refractivity contribution in [3.63, 3.8) is 0 Å². The average Bonchev–Trinajstić information content (AvgIpc) is 2.25. The Hall–Kier alpha value is -0.530. The van der Waals surface area contributed by atoms with E-state index < -0.39 is 0 Å². The van der Waals surface area contributed by atoms with E-state index in [4.69, 9.17) is 0 Å². The van der Waals surface area contributed by atoms with E-state index in [2.05, 4.69) is 19.2 Å². The minimum Gasteiger partial charge on any atom is -0.356 e. The fourth-order valence-corrected chi connectivity index (χ4v) is 1.56. The molecule has 1 N–H and O–H groups in total. The third-order valence-corrected chi connectivity index (χ3v) is 2.51. The second kappa shape index (κ2) is 11.5. The van der Waals surface area contributed by atoms with Crippen molar-refractivity contribution >= 4 is 5.91 Å². The molecule has 0 aromatic rings. The van der Waals surface area contributed by atoms with Crippen LogP contribution in [0.1, 0.15) is 64.7 Å². The number of carbonyl (C=O) groups is 1. The molecule has 0 aromatic heterocycles. The van der Waals surface area contributed by atoms with E-state index >= 15 is 0 Å². The zero-order valence-electron chi connectivity index (χ0n) is 10.2. The van der Waals surface area contributed by atoms with Crippen molar-refractivity contribution in [1.29, 1.82) is 0 Å². The fraction of sp³-hybridized carbons (Fsp3) is 0.846. The Balaban J connectivity index is 3.06. The van der Waals surface area contributed by atoms with Crippen LogP contribution < -0.4 is 5.32 Å². The van der Waals surface area contributed by atoms with Gasteiger partial charge >= 0.3 is 0 Å². The molecule has 1 amide bonds. The lowest BCUT2D eigenvalue weighted by Crippen LogP contribution is -2.23. The monoisotopic (exact) mass is 212 g/mol. The lowest BCUT2D eigenvalue weighted by molar-refractivity contribution is -0.121. The normalized spacial score (nSPS) is 10.3. The molecule has 2 heteroatoms. The van der Waals surface area contributed by atoms with Gasteiger partial charge in [0, 0.05) is 13.0 Å². The Morgan fingerprint density at radius 3 is 2.27 bits per heavy atom. The van der Waals surface area contributed by atoms with E-state index in [0.29, 0.717) is 6.42 Å². The zero-order valence-corrected chi connectivity index (χ0v) is 10.2. The summed E-state index contributed by atoms with van der Waals surface area (Å²) in [6.45, 7) is 6.63. The van der Waals surface area contributed by atoms with Crippen molar-refractivity contribution in [2.24, 2.45) is 0 Å². The number of carbonyl (C=O) groups excluding carboxylic acids is 1. The lowest BCUT2D eigenvalue weighted by atomic mass is 10.1. The van der Waals surface area contributed by atoms with Gasteiger partial charge in [-0.3, -0.25) is 4.79 Å². The van der Waals surface area contributed by atoms with Gasteiger partial charge in [-0.2, -0.15) is 0 Å². The van der Waals surface area contributed by atoms with Gasteiger partial charge in [0.25, 0.3) is 0 Å². The van der Waals surface area contributed by atoms with Crippen LogP contribution in [0.15, 0.2) is 0 Å². The predicted molar refractivity (Wildman–Crippen MR) is 65.6 cm³/mol. The minimum absolute atomic E-state index is 0.187. The first-order chi connectivity index (χ1) is 7.31. The molecule has 0 aliphatic rings. The Morgan fingerprint density at radius 1 is 1.07 bits per heavy atom. The van der Waals surface area contributed by atoms with Crippen molar-refractivity contribution in [2.45, 2.75) is 64.7 Å². The Kier molecular flexibility index (Phi) is 11.1. The molecule has 0 atom stereocenters. The molecule has 0 saturated heterocycles. The molecule has 1 radical (unpaired) electrons. The molecule has 89 valence electrons. The van der Waals surface area contributed by atoms with Crippen LogP contribution in [0.5, 0.6) is 0 Å². The average molecular weight is 212 g/mol. The Bertz CT molecular complexity index is 145. The highest BCUT2D eigenvalue weighted by Crippen LogP contribution is 2.08. The third-order valence-electron chi connectivity index (χ3n) is 2.51. The quantitative estimate of drug-likeness (QED) is 0.552. The molecule has 0 saturated carbocycles. The van der Waals surface area contributed by atoms with Gasteiger partial charge in [-0.1, -0.05) is 52.4 Å². The van der Waals surface area contributed by atoms with Gasteiger partial charge in [-0.25, -0.2) is 0 Å². The van der Waals surface area contributed by atoms with Gasteiger partial charge in [0.1, 0.15) is 0 Å². The van der Waals surface area contributed by atoms with E-state index in [1.54, 1.807) is 0 Å². The minimum atomic E-state index is 0.187. The summed E-state index contributed by atoms with van der Waals surface area (Å²) < 4.78 is 0. The van der Waals surface area contributed by atoms with Crippen LogP contribution in [0.3, 0.4) is 0 Å². The molecule has 2 nitrogen and oxygen atoms in total. The molecule has 0 bridgehead atoms. The lowest BCUT2D eigenvalue weighted by Gasteiger charge is -2.03. The summed E-state index contributed by atoms with van der Waals surface area (Å²) in [6.07, 6.45) is 10.3. The first-order valence-electron chi connectivity index (χ1n) is 6.37. The van der Waals surface area contributed by atoms with Crippen molar-refractivity contribution in [3.8, 4) is 0 Å². The van der Waals surface area contributed by atoms with Gasteiger partial charge in [-0.15, -0.1) is 0 Å². The van der Waals surface area contributed by atoms with E-state index in [-0.39, 0.29) is 5.91 Å². The van der Waals surface area contributed by atoms with Gasteiger partial charge in [0.2, 0.25) is 5.91 Å². The van der Waals surface area contributed by atoms with Crippen molar-refractivity contribution in [1.82, 2.24) is 5.32 Å². The number of hydrogen-bond acceptors (Lipinski definition) is 1. The topological polar surface area (TPSA) is 29.1 Å².